The van der Waals surface area contributed by atoms with E-state index in [1.807, 2.05) is 70.2 Å². The van der Waals surface area contributed by atoms with Crippen LogP contribution in [0.25, 0.3) is 10.6 Å². The molecule has 0 saturated heterocycles. The van der Waals surface area contributed by atoms with E-state index in [1.165, 1.54) is 11.3 Å². The summed E-state index contributed by atoms with van der Waals surface area (Å²) in [6.45, 7) is 7.79. The summed E-state index contributed by atoms with van der Waals surface area (Å²) < 4.78 is 28.4. The van der Waals surface area contributed by atoms with E-state index in [-0.39, 0.29) is 6.54 Å². The average Bonchev–Trinajstić information content (AvgIpc) is 2.94. The van der Waals surface area contributed by atoms with Crippen LogP contribution in [0.2, 0.25) is 0 Å². The molecule has 0 saturated carbocycles. The highest BCUT2D eigenvalue weighted by molar-refractivity contribution is 7.89. The Morgan fingerprint density at radius 1 is 1.00 bits per heavy atom. The fraction of sp³-hybridized carbons (Fsp3) is 0.250. The maximum Gasteiger partial charge on any atom is 0.241 e. The Labute approximate surface area is 159 Å². The first-order valence-corrected chi connectivity index (χ1v) is 10.7. The Balaban J connectivity index is 1.84. The molecule has 0 unspecified atom stereocenters. The first-order chi connectivity index (χ1) is 12.3. The lowest BCUT2D eigenvalue weighted by molar-refractivity contribution is 0.580. The van der Waals surface area contributed by atoms with Crippen molar-refractivity contribution in [3.63, 3.8) is 0 Å². The molecule has 0 bridgehead atoms. The molecular formula is C20H22N2O2S2. The standard InChI is InChI=1S/C20H22N2O2S2/c1-13-10-14(2)19(15(3)11-13)26(23,24)21-12-18-16(4)22-20(25-18)17-8-6-5-7-9-17/h5-11,21H,12H2,1-4H3. The van der Waals surface area contributed by atoms with Crippen LogP contribution >= 0.6 is 11.3 Å². The van der Waals surface area contributed by atoms with Gasteiger partial charge in [0.15, 0.2) is 0 Å². The number of hydrogen-bond donors (Lipinski definition) is 1. The second kappa shape index (κ2) is 7.31. The van der Waals surface area contributed by atoms with Gasteiger partial charge in [0.2, 0.25) is 10.0 Å². The first-order valence-electron chi connectivity index (χ1n) is 8.37. The van der Waals surface area contributed by atoms with Crippen molar-refractivity contribution in [1.82, 2.24) is 9.71 Å². The molecule has 1 heterocycles. The predicted molar refractivity (Wildman–Crippen MR) is 107 cm³/mol. The van der Waals surface area contributed by atoms with E-state index in [9.17, 15) is 8.42 Å². The van der Waals surface area contributed by atoms with Gasteiger partial charge in [-0.25, -0.2) is 18.1 Å². The molecule has 0 aliphatic carbocycles. The maximum absolute atomic E-state index is 12.8. The van der Waals surface area contributed by atoms with Crippen LogP contribution in [0.15, 0.2) is 47.4 Å². The molecule has 26 heavy (non-hydrogen) atoms. The van der Waals surface area contributed by atoms with E-state index in [4.69, 9.17) is 0 Å². The highest BCUT2D eigenvalue weighted by Crippen LogP contribution is 2.28. The van der Waals surface area contributed by atoms with E-state index in [0.717, 1.165) is 37.8 Å². The van der Waals surface area contributed by atoms with Gasteiger partial charge in [0.1, 0.15) is 5.01 Å². The zero-order chi connectivity index (χ0) is 18.9. The van der Waals surface area contributed by atoms with Gasteiger partial charge in [-0.15, -0.1) is 11.3 Å². The zero-order valence-electron chi connectivity index (χ0n) is 15.3. The van der Waals surface area contributed by atoms with E-state index >= 15 is 0 Å². The molecule has 3 aromatic rings. The number of sulfonamides is 1. The number of aromatic nitrogens is 1. The summed E-state index contributed by atoms with van der Waals surface area (Å²) >= 11 is 1.52. The van der Waals surface area contributed by atoms with Gasteiger partial charge in [-0.05, 0) is 38.8 Å². The smallest absolute Gasteiger partial charge is 0.241 e. The minimum absolute atomic E-state index is 0.241. The highest BCUT2D eigenvalue weighted by Gasteiger charge is 2.20. The van der Waals surface area contributed by atoms with Crippen LogP contribution in [0.3, 0.4) is 0 Å². The van der Waals surface area contributed by atoms with Crippen molar-refractivity contribution in [3.05, 3.63) is 69.7 Å². The van der Waals surface area contributed by atoms with Crippen LogP contribution in [0.4, 0.5) is 0 Å². The third-order valence-electron chi connectivity index (χ3n) is 4.21. The summed E-state index contributed by atoms with van der Waals surface area (Å²) in [5, 5.41) is 0.903. The molecule has 0 radical (unpaired) electrons. The lowest BCUT2D eigenvalue weighted by Crippen LogP contribution is -2.24. The number of thiazole rings is 1. The van der Waals surface area contributed by atoms with Gasteiger partial charge in [0, 0.05) is 17.0 Å². The van der Waals surface area contributed by atoms with Crippen LogP contribution in [0, 0.1) is 27.7 Å². The van der Waals surface area contributed by atoms with Gasteiger partial charge in [-0.2, -0.15) is 0 Å². The Morgan fingerprint density at radius 2 is 1.62 bits per heavy atom. The van der Waals surface area contributed by atoms with E-state index in [2.05, 4.69) is 9.71 Å². The summed E-state index contributed by atoms with van der Waals surface area (Å²) in [4.78, 5) is 5.88. The van der Waals surface area contributed by atoms with Crippen molar-refractivity contribution in [2.24, 2.45) is 0 Å². The zero-order valence-corrected chi connectivity index (χ0v) is 17.0. The van der Waals surface area contributed by atoms with Gasteiger partial charge < -0.3 is 0 Å². The largest absolute Gasteiger partial charge is 0.241 e. The van der Waals surface area contributed by atoms with Crippen molar-refractivity contribution in [2.75, 3.05) is 0 Å². The molecule has 0 amide bonds. The van der Waals surface area contributed by atoms with E-state index in [0.29, 0.717) is 4.90 Å². The first kappa shape index (κ1) is 18.8. The van der Waals surface area contributed by atoms with Crippen LogP contribution < -0.4 is 4.72 Å². The number of aryl methyl sites for hydroxylation is 4. The summed E-state index contributed by atoms with van der Waals surface area (Å²) in [7, 11) is -3.58. The fourth-order valence-electron chi connectivity index (χ4n) is 3.12. The predicted octanol–water partition coefficient (Wildman–Crippen LogP) is 4.52. The molecule has 1 N–H and O–H groups in total. The third-order valence-corrected chi connectivity index (χ3v) is 7.12. The average molecular weight is 387 g/mol. The maximum atomic E-state index is 12.8. The normalized spacial score (nSPS) is 11.7. The molecule has 3 rings (SSSR count). The summed E-state index contributed by atoms with van der Waals surface area (Å²) in [5.74, 6) is 0. The molecule has 0 aliphatic rings. The molecule has 4 nitrogen and oxygen atoms in total. The number of benzene rings is 2. The summed E-state index contributed by atoms with van der Waals surface area (Å²) in [6.07, 6.45) is 0. The Bertz CT molecular complexity index is 1020. The molecular weight excluding hydrogens is 364 g/mol. The molecule has 2 aromatic carbocycles. The lowest BCUT2D eigenvalue weighted by Gasteiger charge is -2.12. The lowest BCUT2D eigenvalue weighted by atomic mass is 10.1. The van der Waals surface area contributed by atoms with Crippen LogP contribution in [-0.4, -0.2) is 13.4 Å². The van der Waals surface area contributed by atoms with E-state index < -0.39 is 10.0 Å². The van der Waals surface area contributed by atoms with Gasteiger partial charge in [0.25, 0.3) is 0 Å². The molecule has 0 fully saturated rings. The second-order valence-corrected chi connectivity index (χ2v) is 9.23. The highest BCUT2D eigenvalue weighted by atomic mass is 32.2. The Kier molecular flexibility index (Phi) is 5.27. The van der Waals surface area contributed by atoms with Crippen molar-refractivity contribution < 1.29 is 8.42 Å². The van der Waals surface area contributed by atoms with Gasteiger partial charge in [0.05, 0.1) is 10.6 Å². The van der Waals surface area contributed by atoms with Crippen molar-refractivity contribution >= 4 is 21.4 Å². The van der Waals surface area contributed by atoms with Gasteiger partial charge >= 0.3 is 0 Å². The molecule has 0 aliphatic heterocycles. The quantitative estimate of drug-likeness (QED) is 0.701. The molecule has 0 atom stereocenters. The molecule has 6 heteroatoms. The molecule has 0 spiro atoms. The number of rotatable bonds is 5. The monoisotopic (exact) mass is 386 g/mol. The van der Waals surface area contributed by atoms with Crippen molar-refractivity contribution in [3.8, 4) is 10.6 Å². The third kappa shape index (κ3) is 3.87. The van der Waals surface area contributed by atoms with Gasteiger partial charge in [-0.1, -0.05) is 48.0 Å². The van der Waals surface area contributed by atoms with E-state index in [1.54, 1.807) is 0 Å². The Morgan fingerprint density at radius 3 is 2.23 bits per heavy atom. The Hall–Kier alpha value is -2.02. The molecule has 136 valence electrons. The SMILES string of the molecule is Cc1cc(C)c(S(=O)(=O)NCc2sc(-c3ccccc3)nc2C)c(C)c1. The topological polar surface area (TPSA) is 59.1 Å². The van der Waals surface area contributed by atoms with Crippen molar-refractivity contribution in [1.29, 1.82) is 0 Å². The minimum Gasteiger partial charge on any atom is -0.241 e. The molecule has 1 aromatic heterocycles. The fourth-order valence-corrected chi connectivity index (χ4v) is 5.66. The number of nitrogens with one attached hydrogen (secondary N) is 1. The van der Waals surface area contributed by atoms with Crippen molar-refractivity contribution in [2.45, 2.75) is 39.1 Å². The minimum atomic E-state index is -3.58. The summed E-state index contributed by atoms with van der Waals surface area (Å²) in [6, 6.07) is 13.7. The summed E-state index contributed by atoms with van der Waals surface area (Å²) in [5.41, 5.74) is 4.49. The van der Waals surface area contributed by atoms with Gasteiger partial charge in [-0.3, -0.25) is 0 Å². The van der Waals surface area contributed by atoms with Crippen LogP contribution in [0.5, 0.6) is 0 Å². The van der Waals surface area contributed by atoms with Crippen LogP contribution in [0.1, 0.15) is 27.3 Å². The number of nitrogens with zero attached hydrogens (tertiary/aromatic N) is 1. The second-order valence-electron chi connectivity index (χ2n) is 6.45. The van der Waals surface area contributed by atoms with Crippen LogP contribution in [-0.2, 0) is 16.6 Å². The number of hydrogen-bond acceptors (Lipinski definition) is 4.